The molecule has 11 heteroatoms. The van der Waals surface area contributed by atoms with Crippen LogP contribution >= 0.6 is 11.3 Å². The van der Waals surface area contributed by atoms with Crippen molar-refractivity contribution in [3.8, 4) is 5.75 Å². The van der Waals surface area contributed by atoms with E-state index in [1.807, 2.05) is 49.3 Å². The lowest BCUT2D eigenvalue weighted by molar-refractivity contribution is -0.170. The lowest BCUT2D eigenvalue weighted by atomic mass is 9.83. The van der Waals surface area contributed by atoms with Gasteiger partial charge in [-0.2, -0.15) is 0 Å². The van der Waals surface area contributed by atoms with Crippen LogP contribution in [0.2, 0.25) is 0 Å². The van der Waals surface area contributed by atoms with Crippen molar-refractivity contribution in [3.05, 3.63) is 58.1 Å². The zero-order valence-electron chi connectivity index (χ0n) is 25.7. The SMILES string of the molecule is COc1cc2sc(CNC(=O)C3(C(=O)OC(C)(C)C)Cc4ccccc4C3)nc2cc1C(=O)N1CCOC(CN(C)C)C1. The van der Waals surface area contributed by atoms with Crippen molar-refractivity contribution in [1.82, 2.24) is 20.1 Å². The summed E-state index contributed by atoms with van der Waals surface area (Å²) in [5.41, 5.74) is 0.955. The minimum Gasteiger partial charge on any atom is -0.496 e. The van der Waals surface area contributed by atoms with Crippen LogP contribution in [0, 0.1) is 5.41 Å². The van der Waals surface area contributed by atoms with E-state index in [1.54, 1.807) is 38.8 Å². The Balaban J connectivity index is 1.34. The predicted octanol–water partition coefficient (Wildman–Crippen LogP) is 3.45. The van der Waals surface area contributed by atoms with Crippen LogP contribution in [0.5, 0.6) is 5.75 Å². The number of ether oxygens (including phenoxy) is 3. The number of nitrogens with zero attached hydrogens (tertiary/aromatic N) is 3. The van der Waals surface area contributed by atoms with Gasteiger partial charge in [0.1, 0.15) is 16.4 Å². The Morgan fingerprint density at radius 3 is 2.49 bits per heavy atom. The third-order valence-corrected chi connectivity index (χ3v) is 8.72. The van der Waals surface area contributed by atoms with Gasteiger partial charge in [0, 0.05) is 25.7 Å². The van der Waals surface area contributed by atoms with Crippen LogP contribution < -0.4 is 10.1 Å². The summed E-state index contributed by atoms with van der Waals surface area (Å²) in [5, 5.41) is 3.62. The quantitative estimate of drug-likeness (QED) is 0.306. The van der Waals surface area contributed by atoms with E-state index in [1.165, 1.54) is 11.3 Å². The second-order valence-electron chi connectivity index (χ2n) is 12.5. The van der Waals surface area contributed by atoms with Crippen LogP contribution in [0.25, 0.3) is 10.2 Å². The molecule has 3 aromatic rings. The van der Waals surface area contributed by atoms with Gasteiger partial charge in [-0.15, -0.1) is 11.3 Å². The van der Waals surface area contributed by atoms with Crippen molar-refractivity contribution < 1.29 is 28.6 Å². The summed E-state index contributed by atoms with van der Waals surface area (Å²) in [6, 6.07) is 11.3. The number of carbonyl (C=O) groups is 3. The molecule has 1 atom stereocenters. The Morgan fingerprint density at radius 2 is 1.86 bits per heavy atom. The molecule has 1 fully saturated rings. The Hall–Kier alpha value is -3.54. The number of hydrogen-bond donors (Lipinski definition) is 1. The standard InChI is InChI=1S/C32H40N4O6S/c1-31(2,3)42-30(39)32(15-20-9-7-8-10-21(20)16-32)29(38)33-17-27-34-24-13-23(25(40-6)14-26(24)43-27)28(37)36-11-12-41-22(19-36)18-35(4)5/h7-10,13-14,22H,11-12,15-19H2,1-6H3,(H,33,38). The van der Waals surface area contributed by atoms with Gasteiger partial charge in [-0.05, 0) is 64.9 Å². The molecular formula is C32H40N4O6S. The molecule has 1 aliphatic carbocycles. The summed E-state index contributed by atoms with van der Waals surface area (Å²) < 4.78 is 18.0. The molecule has 2 amide bonds. The number of amides is 2. The molecule has 2 aromatic carbocycles. The number of methoxy groups -OCH3 is 1. The Morgan fingerprint density at radius 1 is 1.16 bits per heavy atom. The zero-order valence-corrected chi connectivity index (χ0v) is 26.5. The molecule has 0 bridgehead atoms. The van der Waals surface area contributed by atoms with E-state index in [2.05, 4.69) is 5.32 Å². The number of hydrogen-bond acceptors (Lipinski definition) is 9. The van der Waals surface area contributed by atoms with E-state index in [0.29, 0.717) is 41.5 Å². The van der Waals surface area contributed by atoms with Gasteiger partial charge in [-0.3, -0.25) is 14.4 Å². The normalized spacial score (nSPS) is 18.0. The maximum atomic E-state index is 13.7. The van der Waals surface area contributed by atoms with E-state index >= 15 is 0 Å². The Kier molecular flexibility index (Phi) is 8.78. The van der Waals surface area contributed by atoms with E-state index in [4.69, 9.17) is 19.2 Å². The van der Waals surface area contributed by atoms with Gasteiger partial charge in [0.15, 0.2) is 5.41 Å². The third kappa shape index (κ3) is 6.68. The highest BCUT2D eigenvalue weighted by molar-refractivity contribution is 7.18. The first-order valence-corrected chi connectivity index (χ1v) is 15.3. The number of likely N-dealkylation sites (N-methyl/N-ethyl adjacent to an activating group) is 1. The van der Waals surface area contributed by atoms with Gasteiger partial charge in [0.05, 0.1) is 42.1 Å². The summed E-state index contributed by atoms with van der Waals surface area (Å²) >= 11 is 1.41. The molecule has 0 spiro atoms. The predicted molar refractivity (Wildman–Crippen MR) is 164 cm³/mol. The molecule has 1 saturated heterocycles. The molecule has 2 aliphatic rings. The monoisotopic (exact) mass is 608 g/mol. The van der Waals surface area contributed by atoms with Gasteiger partial charge >= 0.3 is 5.97 Å². The van der Waals surface area contributed by atoms with Crippen LogP contribution in [-0.2, 0) is 38.4 Å². The molecule has 5 rings (SSSR count). The first kappa shape index (κ1) is 30.9. The van der Waals surface area contributed by atoms with E-state index < -0.39 is 17.0 Å². The molecule has 2 heterocycles. The van der Waals surface area contributed by atoms with E-state index in [0.717, 1.165) is 22.4 Å². The number of rotatable bonds is 8. The highest BCUT2D eigenvalue weighted by Gasteiger charge is 2.52. The molecule has 230 valence electrons. The number of esters is 1. The fraction of sp³-hybridized carbons (Fsp3) is 0.500. The van der Waals surface area contributed by atoms with Gasteiger partial charge in [-0.1, -0.05) is 24.3 Å². The second-order valence-corrected chi connectivity index (χ2v) is 13.6. The van der Waals surface area contributed by atoms with Crippen molar-refractivity contribution in [2.75, 3.05) is 47.4 Å². The number of morpholine rings is 1. The van der Waals surface area contributed by atoms with Crippen LogP contribution in [0.1, 0.15) is 47.3 Å². The van der Waals surface area contributed by atoms with Crippen LogP contribution in [-0.4, -0.2) is 91.7 Å². The first-order valence-electron chi connectivity index (χ1n) is 14.5. The van der Waals surface area contributed by atoms with Crippen LogP contribution in [0.15, 0.2) is 36.4 Å². The fourth-order valence-electron chi connectivity index (χ4n) is 5.72. The van der Waals surface area contributed by atoms with Crippen LogP contribution in [0.3, 0.4) is 0 Å². The van der Waals surface area contributed by atoms with Crippen molar-refractivity contribution in [1.29, 1.82) is 0 Å². The number of carbonyl (C=O) groups excluding carboxylic acids is 3. The van der Waals surface area contributed by atoms with Crippen molar-refractivity contribution in [2.45, 2.75) is 51.9 Å². The molecule has 0 radical (unpaired) electrons. The fourth-order valence-corrected chi connectivity index (χ4v) is 6.64. The first-order chi connectivity index (χ1) is 20.4. The highest BCUT2D eigenvalue weighted by Crippen LogP contribution is 2.40. The largest absolute Gasteiger partial charge is 0.496 e. The molecule has 1 unspecified atom stereocenters. The van der Waals surface area contributed by atoms with Gasteiger partial charge in [0.2, 0.25) is 5.91 Å². The van der Waals surface area contributed by atoms with Gasteiger partial charge < -0.3 is 29.3 Å². The number of fused-ring (bicyclic) bond motifs is 2. The maximum Gasteiger partial charge on any atom is 0.322 e. The van der Waals surface area contributed by atoms with Crippen molar-refractivity contribution >= 4 is 39.3 Å². The minimum atomic E-state index is -1.35. The van der Waals surface area contributed by atoms with Gasteiger partial charge in [-0.25, -0.2) is 4.98 Å². The topological polar surface area (TPSA) is 110 Å². The lowest BCUT2D eigenvalue weighted by Crippen LogP contribution is -2.49. The molecule has 1 N–H and O–H groups in total. The number of benzene rings is 2. The molecule has 0 saturated carbocycles. The zero-order chi connectivity index (χ0) is 30.9. The van der Waals surface area contributed by atoms with Gasteiger partial charge in [0.25, 0.3) is 5.91 Å². The van der Waals surface area contributed by atoms with Crippen molar-refractivity contribution in [2.24, 2.45) is 5.41 Å². The number of aromatic nitrogens is 1. The summed E-state index contributed by atoms with van der Waals surface area (Å²) in [6.07, 6.45) is 0.501. The molecule has 1 aromatic heterocycles. The maximum absolute atomic E-state index is 13.7. The van der Waals surface area contributed by atoms with Crippen molar-refractivity contribution in [3.63, 3.8) is 0 Å². The summed E-state index contributed by atoms with van der Waals surface area (Å²) in [5.74, 6) is -0.569. The average molecular weight is 609 g/mol. The molecular weight excluding hydrogens is 568 g/mol. The Bertz CT molecular complexity index is 1500. The smallest absolute Gasteiger partial charge is 0.322 e. The minimum absolute atomic E-state index is 0.0615. The summed E-state index contributed by atoms with van der Waals surface area (Å²) in [4.78, 5) is 49.3. The lowest BCUT2D eigenvalue weighted by Gasteiger charge is -2.34. The molecule has 1 aliphatic heterocycles. The Labute approximate surface area is 256 Å². The summed E-state index contributed by atoms with van der Waals surface area (Å²) in [6.45, 7) is 7.74. The summed E-state index contributed by atoms with van der Waals surface area (Å²) in [7, 11) is 5.50. The average Bonchev–Trinajstić information content (AvgIpc) is 3.55. The van der Waals surface area contributed by atoms with E-state index in [9.17, 15) is 14.4 Å². The molecule has 10 nitrogen and oxygen atoms in total. The third-order valence-electron chi connectivity index (χ3n) is 7.71. The second kappa shape index (κ2) is 12.2. The number of nitrogens with one attached hydrogen (secondary N) is 1. The number of thiazole rings is 1. The van der Waals surface area contributed by atoms with Crippen LogP contribution in [0.4, 0.5) is 0 Å². The highest BCUT2D eigenvalue weighted by atomic mass is 32.1. The van der Waals surface area contributed by atoms with E-state index in [-0.39, 0.29) is 37.3 Å². The molecule has 43 heavy (non-hydrogen) atoms.